The zero-order valence-electron chi connectivity index (χ0n) is 16.6. The van der Waals surface area contributed by atoms with E-state index >= 15 is 0 Å². The summed E-state index contributed by atoms with van der Waals surface area (Å²) in [5, 5.41) is 29.9. The van der Waals surface area contributed by atoms with Crippen LogP contribution in [0.1, 0.15) is 36.6 Å². The van der Waals surface area contributed by atoms with E-state index in [1.54, 1.807) is 19.9 Å². The number of aliphatic hydroxyl groups excluding tert-OH is 1. The van der Waals surface area contributed by atoms with Gasteiger partial charge in [-0.3, -0.25) is 0 Å². The summed E-state index contributed by atoms with van der Waals surface area (Å²) in [7, 11) is 0. The molecule has 0 saturated heterocycles. The number of hydrogen-bond donors (Lipinski definition) is 2. The van der Waals surface area contributed by atoms with E-state index in [4.69, 9.17) is 10.5 Å². The lowest BCUT2D eigenvalue weighted by Crippen LogP contribution is -2.54. The van der Waals surface area contributed by atoms with E-state index in [2.05, 4.69) is 4.99 Å². The molecule has 0 fully saturated rings. The van der Waals surface area contributed by atoms with Gasteiger partial charge in [-0.25, -0.2) is 9.89 Å². The lowest BCUT2D eigenvalue weighted by atomic mass is 9.85. The molecule has 2 atom stereocenters. The average molecular weight is 429 g/mol. The number of hydrogen-bond acceptors (Lipinski definition) is 5. The van der Waals surface area contributed by atoms with E-state index < -0.39 is 35.4 Å². The molecule has 7 nitrogen and oxygen atoms in total. The molecular formula is C21H18F3N5O2. The number of alkyl halides is 3. The monoisotopic (exact) mass is 429 g/mol. The van der Waals surface area contributed by atoms with E-state index in [1.165, 1.54) is 24.3 Å². The van der Waals surface area contributed by atoms with Gasteiger partial charge in [0.15, 0.2) is 6.19 Å². The van der Waals surface area contributed by atoms with Gasteiger partial charge in [-0.1, -0.05) is 6.07 Å². The molecule has 10 heteroatoms. The molecule has 0 aromatic heterocycles. The molecule has 0 radical (unpaired) electrons. The molecule has 0 bridgehead atoms. The number of aliphatic hydroxyl groups is 1. The third kappa shape index (κ3) is 4.25. The van der Waals surface area contributed by atoms with Crippen LogP contribution in [-0.2, 0) is 6.18 Å². The number of nitriles is 2. The fourth-order valence-electron chi connectivity index (χ4n) is 3.31. The van der Waals surface area contributed by atoms with Crippen LogP contribution in [0.4, 0.5) is 18.9 Å². The van der Waals surface area contributed by atoms with E-state index in [1.807, 2.05) is 12.3 Å². The number of benzene rings is 2. The molecule has 1 heterocycles. The highest BCUT2D eigenvalue weighted by molar-refractivity contribution is 5.83. The van der Waals surface area contributed by atoms with Gasteiger partial charge in [0.05, 0.1) is 22.9 Å². The molecule has 0 spiro atoms. The van der Waals surface area contributed by atoms with Gasteiger partial charge in [-0.05, 0) is 50.2 Å². The maximum Gasteiger partial charge on any atom is 0.416 e. The summed E-state index contributed by atoms with van der Waals surface area (Å²) in [6.45, 7) is 3.23. The second-order valence-corrected chi connectivity index (χ2v) is 7.45. The molecule has 1 aliphatic heterocycles. The van der Waals surface area contributed by atoms with E-state index in [9.17, 15) is 28.8 Å². The molecule has 3 N–H and O–H groups in total. The number of fused-ring (bicyclic) bond motifs is 1. The highest BCUT2D eigenvalue weighted by Crippen LogP contribution is 2.43. The Kier molecular flexibility index (Phi) is 5.53. The summed E-state index contributed by atoms with van der Waals surface area (Å²) in [4.78, 5) is 4.86. The van der Waals surface area contributed by atoms with Crippen LogP contribution >= 0.6 is 0 Å². The summed E-state index contributed by atoms with van der Waals surface area (Å²) in [5.74, 6) is -0.0803. The van der Waals surface area contributed by atoms with Gasteiger partial charge in [-0.15, -0.1) is 0 Å². The Morgan fingerprint density at radius 2 is 1.94 bits per heavy atom. The minimum Gasteiger partial charge on any atom is -0.485 e. The summed E-state index contributed by atoms with van der Waals surface area (Å²) < 4.78 is 44.7. The lowest BCUT2D eigenvalue weighted by molar-refractivity contribution is -0.137. The molecule has 0 saturated carbocycles. The van der Waals surface area contributed by atoms with Crippen LogP contribution in [-0.4, -0.2) is 27.7 Å². The van der Waals surface area contributed by atoms with Gasteiger partial charge < -0.3 is 15.6 Å². The van der Waals surface area contributed by atoms with Crippen molar-refractivity contribution in [3.63, 3.8) is 0 Å². The fraction of sp³-hybridized carbons (Fsp3) is 0.286. The predicted octanol–water partition coefficient (Wildman–Crippen LogP) is 3.58. The number of aliphatic imine (C=N–C) groups is 1. The molecule has 2 aromatic carbocycles. The number of nitrogens with two attached hydrogens (primary N) is 1. The smallest absolute Gasteiger partial charge is 0.416 e. The maximum absolute atomic E-state index is 13.0. The van der Waals surface area contributed by atoms with Crippen LogP contribution in [0.25, 0.3) is 0 Å². The minimum absolute atomic E-state index is 0.112. The Morgan fingerprint density at radius 1 is 1.23 bits per heavy atom. The largest absolute Gasteiger partial charge is 0.485 e. The SMILES string of the molecule is CC1(C)Oc2ccc(C#N)cc2[C@@H](N(C#N)C(N)=Nc2cccc(C(F)(F)F)c2)[C@@H]1O. The van der Waals surface area contributed by atoms with Gasteiger partial charge in [0, 0.05) is 5.56 Å². The van der Waals surface area contributed by atoms with Crippen molar-refractivity contribution >= 4 is 11.6 Å². The van der Waals surface area contributed by atoms with Crippen molar-refractivity contribution in [1.29, 1.82) is 10.5 Å². The van der Waals surface area contributed by atoms with Gasteiger partial charge >= 0.3 is 6.18 Å². The number of halogens is 3. The minimum atomic E-state index is -4.57. The topological polar surface area (TPSA) is 119 Å². The Bertz CT molecular complexity index is 1120. The summed E-state index contributed by atoms with van der Waals surface area (Å²) in [6, 6.07) is 9.60. The zero-order chi connectivity index (χ0) is 23.0. The molecule has 2 aromatic rings. The number of guanidine groups is 1. The zero-order valence-corrected chi connectivity index (χ0v) is 16.6. The third-order valence-electron chi connectivity index (χ3n) is 4.89. The van der Waals surface area contributed by atoms with E-state index in [0.29, 0.717) is 11.3 Å². The van der Waals surface area contributed by atoms with Gasteiger partial charge in [0.1, 0.15) is 23.5 Å². The summed E-state index contributed by atoms with van der Waals surface area (Å²) >= 11 is 0. The first-order chi connectivity index (χ1) is 14.5. The Balaban J connectivity index is 2.08. The standard InChI is InChI=1S/C21H18F3N5O2/c1-20(2)18(30)17(15-8-12(10-25)6-7-16(15)31-20)29(11-26)19(27)28-14-5-3-4-13(9-14)21(22,23)24/h3-9,17-18,30H,1-2H3,(H2,27,28)/t17-,18+/m1/s1. The van der Waals surface area contributed by atoms with Crippen LogP contribution in [0.5, 0.6) is 5.75 Å². The van der Waals surface area contributed by atoms with Crippen LogP contribution in [0.2, 0.25) is 0 Å². The van der Waals surface area contributed by atoms with Crippen molar-refractivity contribution in [2.45, 2.75) is 37.8 Å². The molecule has 0 aliphatic carbocycles. The van der Waals surface area contributed by atoms with Gasteiger partial charge in [0.25, 0.3) is 0 Å². The molecule has 0 unspecified atom stereocenters. The number of rotatable bonds is 2. The fourth-order valence-corrected chi connectivity index (χ4v) is 3.31. The van der Waals surface area contributed by atoms with E-state index in [0.717, 1.165) is 17.0 Å². The average Bonchev–Trinajstić information content (AvgIpc) is 2.70. The van der Waals surface area contributed by atoms with Crippen molar-refractivity contribution in [3.05, 3.63) is 59.2 Å². The summed E-state index contributed by atoms with van der Waals surface area (Å²) in [6.07, 6.45) is -4.00. The summed E-state index contributed by atoms with van der Waals surface area (Å²) in [5.41, 5.74) is 4.43. The van der Waals surface area contributed by atoms with Gasteiger partial charge in [-0.2, -0.15) is 23.7 Å². The molecule has 0 amide bonds. The number of ether oxygens (including phenoxy) is 1. The Labute approximate surface area is 176 Å². The highest BCUT2D eigenvalue weighted by atomic mass is 19.4. The molecule has 1 aliphatic rings. The Hall–Kier alpha value is -3.76. The highest BCUT2D eigenvalue weighted by Gasteiger charge is 2.46. The van der Waals surface area contributed by atoms with Crippen molar-refractivity contribution in [3.8, 4) is 18.0 Å². The molecule has 3 rings (SSSR count). The van der Waals surface area contributed by atoms with Crippen molar-refractivity contribution in [2.75, 3.05) is 0 Å². The van der Waals surface area contributed by atoms with Crippen molar-refractivity contribution in [1.82, 2.24) is 4.90 Å². The van der Waals surface area contributed by atoms with Crippen molar-refractivity contribution < 1.29 is 23.0 Å². The Morgan fingerprint density at radius 3 is 2.55 bits per heavy atom. The first kappa shape index (κ1) is 21.9. The maximum atomic E-state index is 13.0. The van der Waals surface area contributed by atoms with Crippen LogP contribution in [0, 0.1) is 22.8 Å². The van der Waals surface area contributed by atoms with Crippen molar-refractivity contribution in [2.24, 2.45) is 10.7 Å². The second-order valence-electron chi connectivity index (χ2n) is 7.45. The molecule has 31 heavy (non-hydrogen) atoms. The molecular weight excluding hydrogens is 411 g/mol. The number of nitrogens with zero attached hydrogens (tertiary/aromatic N) is 4. The van der Waals surface area contributed by atoms with Crippen LogP contribution in [0.3, 0.4) is 0 Å². The molecule has 160 valence electrons. The predicted molar refractivity (Wildman–Crippen MR) is 105 cm³/mol. The normalized spacial score (nSPS) is 20.1. The van der Waals surface area contributed by atoms with Crippen LogP contribution < -0.4 is 10.5 Å². The third-order valence-corrected chi connectivity index (χ3v) is 4.89. The first-order valence-corrected chi connectivity index (χ1v) is 9.09. The first-order valence-electron chi connectivity index (χ1n) is 9.09. The van der Waals surface area contributed by atoms with Gasteiger partial charge in [0.2, 0.25) is 5.96 Å². The van der Waals surface area contributed by atoms with Crippen LogP contribution in [0.15, 0.2) is 47.5 Å². The van der Waals surface area contributed by atoms with E-state index in [-0.39, 0.29) is 11.3 Å². The quantitative estimate of drug-likeness (QED) is 0.326. The second kappa shape index (κ2) is 7.82. The lowest BCUT2D eigenvalue weighted by Gasteiger charge is -2.44.